The van der Waals surface area contributed by atoms with Crippen LogP contribution in [-0.4, -0.2) is 24.8 Å². The molecule has 0 saturated carbocycles. The maximum absolute atomic E-state index is 5.39. The zero-order chi connectivity index (χ0) is 10.3. The Kier molecular flexibility index (Phi) is 3.26. The van der Waals surface area contributed by atoms with Crippen LogP contribution in [-0.2, 0) is 13.0 Å². The molecular weight excluding hydrogens is 226 g/mol. The molecule has 88 valence electrons. The molecule has 0 saturated heterocycles. The van der Waals surface area contributed by atoms with Crippen molar-refractivity contribution < 1.29 is 9.47 Å². The summed E-state index contributed by atoms with van der Waals surface area (Å²) in [6.45, 7) is 5.90. The summed E-state index contributed by atoms with van der Waals surface area (Å²) in [5.41, 5.74) is 2.82. The molecule has 1 aromatic carbocycles. The summed E-state index contributed by atoms with van der Waals surface area (Å²) < 4.78 is 10.8. The second-order valence-electron chi connectivity index (χ2n) is 4.09. The molecule has 3 nitrogen and oxygen atoms in total. The number of halogens is 1. The first-order chi connectivity index (χ1) is 7.36. The van der Waals surface area contributed by atoms with Gasteiger partial charge in [0.1, 0.15) is 0 Å². The lowest BCUT2D eigenvalue weighted by Crippen LogP contribution is -2.30. The first kappa shape index (κ1) is 11.6. The van der Waals surface area contributed by atoms with Gasteiger partial charge in [0, 0.05) is 13.1 Å². The van der Waals surface area contributed by atoms with E-state index in [0.29, 0.717) is 6.79 Å². The fourth-order valence-corrected chi connectivity index (χ4v) is 2.27. The Morgan fingerprint density at radius 1 is 1.19 bits per heavy atom. The van der Waals surface area contributed by atoms with E-state index in [1.165, 1.54) is 11.1 Å². The molecule has 0 fully saturated rings. The predicted octanol–water partition coefficient (Wildman–Crippen LogP) is 2.22. The first-order valence-electron chi connectivity index (χ1n) is 5.50. The number of ether oxygens (including phenoxy) is 2. The highest BCUT2D eigenvalue weighted by atomic mass is 35.5. The van der Waals surface area contributed by atoms with Gasteiger partial charge in [0.2, 0.25) is 6.79 Å². The lowest BCUT2D eigenvalue weighted by molar-refractivity contribution is 0.174. The van der Waals surface area contributed by atoms with E-state index in [4.69, 9.17) is 9.47 Å². The third-order valence-electron chi connectivity index (χ3n) is 3.23. The summed E-state index contributed by atoms with van der Waals surface area (Å²) in [5.74, 6) is 1.82. The zero-order valence-electron chi connectivity index (χ0n) is 9.36. The smallest absolute Gasteiger partial charge is 0.231 e. The van der Waals surface area contributed by atoms with Gasteiger partial charge in [-0.15, -0.1) is 12.4 Å². The van der Waals surface area contributed by atoms with Gasteiger partial charge in [-0.1, -0.05) is 6.92 Å². The minimum absolute atomic E-state index is 0. The third kappa shape index (κ3) is 1.85. The summed E-state index contributed by atoms with van der Waals surface area (Å²) in [4.78, 5) is 2.45. The van der Waals surface area contributed by atoms with E-state index in [1.807, 2.05) is 0 Å². The molecule has 4 heteroatoms. The van der Waals surface area contributed by atoms with Crippen LogP contribution >= 0.6 is 12.4 Å². The van der Waals surface area contributed by atoms with Crippen molar-refractivity contribution in [3.05, 3.63) is 23.3 Å². The molecule has 0 atom stereocenters. The predicted molar refractivity (Wildman–Crippen MR) is 64.5 cm³/mol. The van der Waals surface area contributed by atoms with Crippen LogP contribution in [0.2, 0.25) is 0 Å². The summed E-state index contributed by atoms with van der Waals surface area (Å²) in [6, 6.07) is 4.28. The van der Waals surface area contributed by atoms with E-state index >= 15 is 0 Å². The molecule has 0 radical (unpaired) electrons. The Morgan fingerprint density at radius 3 is 2.56 bits per heavy atom. The molecule has 2 heterocycles. The van der Waals surface area contributed by atoms with E-state index in [0.717, 1.165) is 37.6 Å². The average Bonchev–Trinajstić information content (AvgIpc) is 2.72. The van der Waals surface area contributed by atoms with Crippen LogP contribution < -0.4 is 9.47 Å². The molecule has 0 unspecified atom stereocenters. The molecule has 0 amide bonds. The molecule has 3 rings (SSSR count). The van der Waals surface area contributed by atoms with Gasteiger partial charge in [0.15, 0.2) is 11.5 Å². The monoisotopic (exact) mass is 241 g/mol. The van der Waals surface area contributed by atoms with Gasteiger partial charge in [0.05, 0.1) is 0 Å². The summed E-state index contributed by atoms with van der Waals surface area (Å²) in [5, 5.41) is 0. The van der Waals surface area contributed by atoms with Crippen molar-refractivity contribution in [3.8, 4) is 11.5 Å². The molecule has 2 aliphatic rings. The van der Waals surface area contributed by atoms with Crippen molar-refractivity contribution in [2.24, 2.45) is 0 Å². The topological polar surface area (TPSA) is 21.7 Å². The van der Waals surface area contributed by atoms with Gasteiger partial charge in [0.25, 0.3) is 0 Å². The van der Waals surface area contributed by atoms with Gasteiger partial charge in [-0.2, -0.15) is 0 Å². The molecule has 0 aromatic heterocycles. The molecule has 2 aliphatic heterocycles. The van der Waals surface area contributed by atoms with Gasteiger partial charge in [-0.25, -0.2) is 0 Å². The SMILES string of the molecule is CCN1CCc2cc3c(cc2C1)OCO3.Cl. The minimum atomic E-state index is 0. The number of likely N-dealkylation sites (N-methyl/N-ethyl adjacent to an activating group) is 1. The Hall–Kier alpha value is -0.930. The molecule has 0 N–H and O–H groups in total. The Bertz CT molecular complexity index is 395. The van der Waals surface area contributed by atoms with Crippen LogP contribution in [0.1, 0.15) is 18.1 Å². The Labute approximate surface area is 102 Å². The maximum atomic E-state index is 5.39. The lowest BCUT2D eigenvalue weighted by Gasteiger charge is -2.27. The van der Waals surface area contributed by atoms with Crippen LogP contribution in [0.4, 0.5) is 0 Å². The van der Waals surface area contributed by atoms with E-state index in [-0.39, 0.29) is 12.4 Å². The summed E-state index contributed by atoms with van der Waals surface area (Å²) in [7, 11) is 0. The Morgan fingerprint density at radius 2 is 1.88 bits per heavy atom. The van der Waals surface area contributed by atoms with E-state index < -0.39 is 0 Å². The van der Waals surface area contributed by atoms with Crippen molar-refractivity contribution in [2.45, 2.75) is 19.9 Å². The molecule has 16 heavy (non-hydrogen) atoms. The van der Waals surface area contributed by atoms with Crippen LogP contribution in [0.25, 0.3) is 0 Å². The quantitative estimate of drug-likeness (QED) is 0.753. The highest BCUT2D eigenvalue weighted by molar-refractivity contribution is 5.85. The van der Waals surface area contributed by atoms with Crippen LogP contribution in [0, 0.1) is 0 Å². The fourth-order valence-electron chi connectivity index (χ4n) is 2.27. The van der Waals surface area contributed by atoms with Gasteiger partial charge in [-0.05, 0) is 36.2 Å². The summed E-state index contributed by atoms with van der Waals surface area (Å²) >= 11 is 0. The van der Waals surface area contributed by atoms with Gasteiger partial charge >= 0.3 is 0 Å². The van der Waals surface area contributed by atoms with Crippen molar-refractivity contribution >= 4 is 12.4 Å². The number of hydrogen-bond acceptors (Lipinski definition) is 3. The molecule has 0 bridgehead atoms. The summed E-state index contributed by atoms with van der Waals surface area (Å²) in [6.07, 6.45) is 1.12. The number of benzene rings is 1. The van der Waals surface area contributed by atoms with Crippen LogP contribution in [0.3, 0.4) is 0 Å². The van der Waals surface area contributed by atoms with E-state index in [1.54, 1.807) is 0 Å². The second-order valence-corrected chi connectivity index (χ2v) is 4.09. The standard InChI is InChI=1S/C12H15NO2.ClH/c1-2-13-4-3-9-5-11-12(15-8-14-11)6-10(9)7-13;/h5-6H,2-4,7-8H2,1H3;1H. The zero-order valence-corrected chi connectivity index (χ0v) is 10.2. The Balaban J connectivity index is 0.000000963. The lowest BCUT2D eigenvalue weighted by atomic mass is 9.99. The van der Waals surface area contributed by atoms with Gasteiger partial charge < -0.3 is 9.47 Å². The molecule has 0 aliphatic carbocycles. The van der Waals surface area contributed by atoms with Crippen LogP contribution in [0.5, 0.6) is 11.5 Å². The third-order valence-corrected chi connectivity index (χ3v) is 3.23. The minimum Gasteiger partial charge on any atom is -0.454 e. The van der Waals surface area contributed by atoms with Crippen LogP contribution in [0.15, 0.2) is 12.1 Å². The number of fused-ring (bicyclic) bond motifs is 2. The second kappa shape index (κ2) is 4.52. The highest BCUT2D eigenvalue weighted by Gasteiger charge is 2.21. The number of nitrogens with zero attached hydrogens (tertiary/aromatic N) is 1. The molecular formula is C12H16ClNO2. The largest absolute Gasteiger partial charge is 0.454 e. The maximum Gasteiger partial charge on any atom is 0.231 e. The molecule has 0 spiro atoms. The number of hydrogen-bond donors (Lipinski definition) is 0. The van der Waals surface area contributed by atoms with Crippen molar-refractivity contribution in [1.82, 2.24) is 4.90 Å². The van der Waals surface area contributed by atoms with Crippen molar-refractivity contribution in [3.63, 3.8) is 0 Å². The van der Waals surface area contributed by atoms with Crippen molar-refractivity contribution in [1.29, 1.82) is 0 Å². The fraction of sp³-hybridized carbons (Fsp3) is 0.500. The normalized spacial score (nSPS) is 17.8. The molecule has 1 aromatic rings. The van der Waals surface area contributed by atoms with E-state index in [9.17, 15) is 0 Å². The van der Waals surface area contributed by atoms with E-state index in [2.05, 4.69) is 24.0 Å². The highest BCUT2D eigenvalue weighted by Crippen LogP contribution is 2.36. The average molecular weight is 242 g/mol. The first-order valence-corrected chi connectivity index (χ1v) is 5.50. The number of rotatable bonds is 1. The van der Waals surface area contributed by atoms with Gasteiger partial charge in [-0.3, -0.25) is 4.90 Å². The van der Waals surface area contributed by atoms with Crippen molar-refractivity contribution in [2.75, 3.05) is 19.9 Å².